The van der Waals surface area contributed by atoms with E-state index in [2.05, 4.69) is 22.2 Å². The van der Waals surface area contributed by atoms with E-state index in [0.29, 0.717) is 0 Å². The first-order chi connectivity index (χ1) is 14.7. The zero-order valence-electron chi connectivity index (χ0n) is 18.2. The highest BCUT2D eigenvalue weighted by Crippen LogP contribution is 2.44. The van der Waals surface area contributed by atoms with Gasteiger partial charge in [0.15, 0.2) is 0 Å². The second-order valence-corrected chi connectivity index (χ2v) is 8.53. The molecule has 1 amide bonds. The van der Waals surface area contributed by atoms with Crippen LogP contribution in [-0.2, 0) is 14.3 Å². The van der Waals surface area contributed by atoms with Crippen molar-refractivity contribution in [3.8, 4) is 11.1 Å². The van der Waals surface area contributed by atoms with Crippen molar-refractivity contribution >= 4 is 18.1 Å². The lowest BCUT2D eigenvalue weighted by Crippen LogP contribution is -2.51. The molecule has 31 heavy (non-hydrogen) atoms. The molecular weight excluding hydrogens is 394 g/mol. The molecule has 0 radical (unpaired) electrons. The number of benzene rings is 2. The Labute approximate surface area is 182 Å². The normalized spacial score (nSPS) is 14.6. The minimum Gasteiger partial charge on any atom is -0.449 e. The van der Waals surface area contributed by atoms with Crippen LogP contribution in [0.25, 0.3) is 16.7 Å². The van der Waals surface area contributed by atoms with Gasteiger partial charge in [0.05, 0.1) is 11.7 Å². The first-order valence-electron chi connectivity index (χ1n) is 10.2. The van der Waals surface area contributed by atoms with Crippen LogP contribution in [0.15, 0.2) is 48.5 Å². The maximum atomic E-state index is 12.6. The number of alkyl carbamates (subject to hydrolysis) is 1. The van der Waals surface area contributed by atoms with Crippen molar-refractivity contribution in [2.75, 3.05) is 6.61 Å². The van der Waals surface area contributed by atoms with Crippen LogP contribution in [0.5, 0.6) is 0 Å². The van der Waals surface area contributed by atoms with Gasteiger partial charge in [-0.2, -0.15) is 4.79 Å². The molecule has 0 spiro atoms. The summed E-state index contributed by atoms with van der Waals surface area (Å²) in [5.74, 6) is -0.678. The molecule has 2 aromatic carbocycles. The average molecular weight is 421 g/mol. The summed E-state index contributed by atoms with van der Waals surface area (Å²) in [6.45, 7) is 7.33. The van der Waals surface area contributed by atoms with E-state index in [1.54, 1.807) is 6.92 Å². The second-order valence-electron chi connectivity index (χ2n) is 8.53. The number of ketones is 1. The highest BCUT2D eigenvalue weighted by Gasteiger charge is 2.33. The number of Topliss-reactive ketones (excluding diaryl/α,β-unsaturated/α-hetero) is 1. The van der Waals surface area contributed by atoms with E-state index >= 15 is 0 Å². The predicted octanol–water partition coefficient (Wildman–Crippen LogP) is 3.97. The fourth-order valence-electron chi connectivity index (χ4n) is 3.95. The van der Waals surface area contributed by atoms with Crippen molar-refractivity contribution in [3.63, 3.8) is 0 Å². The lowest BCUT2D eigenvalue weighted by atomic mass is 9.98. The fourth-order valence-corrected chi connectivity index (χ4v) is 3.95. The molecule has 1 N–H and O–H groups in total. The average Bonchev–Trinajstić information content (AvgIpc) is 3.03. The summed E-state index contributed by atoms with van der Waals surface area (Å²) in [5.41, 5.74) is 12.7. The third-order valence-electron chi connectivity index (χ3n) is 5.12. The maximum absolute atomic E-state index is 12.6. The molecule has 7 nitrogen and oxygen atoms in total. The number of ether oxygens (including phenoxy) is 2. The van der Waals surface area contributed by atoms with E-state index < -0.39 is 29.6 Å². The minimum absolute atomic E-state index is 0.0884. The molecule has 1 aliphatic rings. The van der Waals surface area contributed by atoms with Gasteiger partial charge in [0.25, 0.3) is 5.78 Å². The van der Waals surface area contributed by atoms with Gasteiger partial charge in [-0.1, -0.05) is 48.5 Å². The molecule has 2 atom stereocenters. The van der Waals surface area contributed by atoms with Gasteiger partial charge in [0.1, 0.15) is 12.6 Å². The Balaban J connectivity index is 1.72. The van der Waals surface area contributed by atoms with Gasteiger partial charge < -0.3 is 20.3 Å². The molecule has 0 aromatic heterocycles. The zero-order valence-corrected chi connectivity index (χ0v) is 18.2. The van der Waals surface area contributed by atoms with Crippen molar-refractivity contribution in [3.05, 3.63) is 65.2 Å². The van der Waals surface area contributed by atoms with Crippen LogP contribution in [0.2, 0.25) is 0 Å². The Bertz CT molecular complexity index is 976. The Hall–Kier alpha value is -3.28. The number of nitrogens with one attached hydrogen (secondary N) is 1. The van der Waals surface area contributed by atoms with Crippen LogP contribution in [0.3, 0.4) is 0 Å². The zero-order chi connectivity index (χ0) is 22.6. The van der Waals surface area contributed by atoms with Crippen LogP contribution in [0.1, 0.15) is 44.7 Å². The third kappa shape index (κ3) is 5.26. The van der Waals surface area contributed by atoms with Crippen molar-refractivity contribution in [2.45, 2.75) is 51.4 Å². The van der Waals surface area contributed by atoms with Crippen LogP contribution in [0.4, 0.5) is 4.79 Å². The Morgan fingerprint density at radius 3 is 2.16 bits per heavy atom. The molecule has 0 saturated carbocycles. The molecule has 3 rings (SSSR count). The molecule has 0 aliphatic heterocycles. The SMILES string of the molecule is C[C@@H](OC(C)(C)C)[C@H](NC(=O)OCC1c2ccccc2-c2ccccc21)C(=O)C=[N+]=[N-]. The predicted molar refractivity (Wildman–Crippen MR) is 117 cm³/mol. The van der Waals surface area contributed by atoms with Gasteiger partial charge in [0, 0.05) is 5.92 Å². The largest absolute Gasteiger partial charge is 0.449 e. The number of amides is 1. The van der Waals surface area contributed by atoms with E-state index in [-0.39, 0.29) is 12.5 Å². The molecule has 0 saturated heterocycles. The number of carbonyl (C=O) groups excluding carboxylic acids is 2. The van der Waals surface area contributed by atoms with E-state index in [4.69, 9.17) is 15.0 Å². The maximum Gasteiger partial charge on any atom is 0.407 e. The van der Waals surface area contributed by atoms with Crippen LogP contribution in [-0.4, -0.2) is 47.2 Å². The molecule has 162 valence electrons. The van der Waals surface area contributed by atoms with E-state index in [0.717, 1.165) is 28.5 Å². The van der Waals surface area contributed by atoms with Crippen molar-refractivity contribution in [1.82, 2.24) is 5.32 Å². The van der Waals surface area contributed by atoms with Gasteiger partial charge in [-0.05, 0) is 49.9 Å². The van der Waals surface area contributed by atoms with Gasteiger partial charge >= 0.3 is 12.3 Å². The number of hydrogen-bond acceptors (Lipinski definition) is 4. The molecule has 0 unspecified atom stereocenters. The number of rotatable bonds is 7. The number of nitrogens with zero attached hydrogens (tertiary/aromatic N) is 2. The van der Waals surface area contributed by atoms with Gasteiger partial charge in [-0.3, -0.25) is 4.79 Å². The Morgan fingerprint density at radius 1 is 1.10 bits per heavy atom. The molecule has 0 bridgehead atoms. The highest BCUT2D eigenvalue weighted by atomic mass is 16.6. The Morgan fingerprint density at radius 2 is 1.65 bits per heavy atom. The molecule has 2 aromatic rings. The monoisotopic (exact) mass is 421 g/mol. The summed E-state index contributed by atoms with van der Waals surface area (Å²) < 4.78 is 11.3. The summed E-state index contributed by atoms with van der Waals surface area (Å²) in [5, 5.41) is 2.56. The Kier molecular flexibility index (Phi) is 6.68. The first-order valence-corrected chi connectivity index (χ1v) is 10.2. The van der Waals surface area contributed by atoms with Gasteiger partial charge in [-0.15, -0.1) is 0 Å². The number of hydrogen-bond donors (Lipinski definition) is 1. The molecular formula is C24H27N3O4. The van der Waals surface area contributed by atoms with Crippen LogP contribution < -0.4 is 5.32 Å². The summed E-state index contributed by atoms with van der Waals surface area (Å²) in [6, 6.07) is 15.0. The standard InChI is InChI=1S/C24H27N3O4/c1-15(31-24(2,3)4)22(21(28)13-26-25)27-23(29)30-14-20-18-11-7-5-9-16(18)17-10-6-8-12-19(17)20/h5-13,15,20,22H,14H2,1-4H3,(H,27,29)/t15-,22+/m1/s1. The highest BCUT2D eigenvalue weighted by molar-refractivity contribution is 6.28. The van der Waals surface area contributed by atoms with Gasteiger partial charge in [0.2, 0.25) is 0 Å². The number of fused-ring (bicyclic) bond motifs is 3. The summed E-state index contributed by atoms with van der Waals surface area (Å²) in [6.07, 6.45) is -0.654. The number of carbonyl (C=O) groups is 2. The van der Waals surface area contributed by atoms with Crippen molar-refractivity contribution < 1.29 is 23.9 Å². The van der Waals surface area contributed by atoms with Crippen molar-refractivity contribution in [2.24, 2.45) is 0 Å². The smallest absolute Gasteiger partial charge is 0.407 e. The molecule has 1 aliphatic carbocycles. The van der Waals surface area contributed by atoms with E-state index in [1.165, 1.54) is 0 Å². The van der Waals surface area contributed by atoms with Crippen LogP contribution >= 0.6 is 0 Å². The van der Waals surface area contributed by atoms with Gasteiger partial charge in [-0.25, -0.2) is 4.79 Å². The third-order valence-corrected chi connectivity index (χ3v) is 5.12. The van der Waals surface area contributed by atoms with Crippen LogP contribution in [0, 0.1) is 0 Å². The first kappa shape index (κ1) is 22.4. The van der Waals surface area contributed by atoms with Crippen molar-refractivity contribution in [1.29, 1.82) is 0 Å². The molecule has 0 fully saturated rings. The fraction of sp³-hybridized carbons (Fsp3) is 0.375. The topological polar surface area (TPSA) is 101 Å². The lowest BCUT2D eigenvalue weighted by Gasteiger charge is -2.29. The quantitative estimate of drug-likeness (QED) is 0.415. The minimum atomic E-state index is -1.05. The summed E-state index contributed by atoms with van der Waals surface area (Å²) in [7, 11) is 0. The molecule has 0 heterocycles. The second kappa shape index (κ2) is 9.25. The van der Waals surface area contributed by atoms with E-state index in [9.17, 15) is 9.59 Å². The summed E-state index contributed by atoms with van der Waals surface area (Å²) in [4.78, 5) is 27.7. The molecule has 7 heteroatoms. The lowest BCUT2D eigenvalue weighted by molar-refractivity contribution is -0.125. The summed E-state index contributed by atoms with van der Waals surface area (Å²) >= 11 is 0. The van der Waals surface area contributed by atoms with E-state index in [1.807, 2.05) is 57.2 Å².